The lowest BCUT2D eigenvalue weighted by Crippen LogP contribution is -2.45. The highest BCUT2D eigenvalue weighted by Crippen LogP contribution is 2.29. The fraction of sp³-hybridized carbons (Fsp3) is 0.652. The van der Waals surface area contributed by atoms with Gasteiger partial charge in [0.05, 0.1) is 6.26 Å². The van der Waals surface area contributed by atoms with Gasteiger partial charge in [-0.25, -0.2) is 12.7 Å². The predicted octanol–water partition coefficient (Wildman–Crippen LogP) is 4.15. The number of allylic oxidation sites excluding steroid dienone is 4. The average molecular weight is 437 g/mol. The minimum absolute atomic E-state index is 0.298. The smallest absolute Gasteiger partial charge is 0.211 e. The lowest BCUT2D eigenvalue weighted by Gasteiger charge is -2.38. The molecular weight excluding hydrogens is 400 g/mol. The summed E-state index contributed by atoms with van der Waals surface area (Å²) in [4.78, 5) is 2.51. The minimum atomic E-state index is -3.08. The molecule has 1 atom stereocenters. The number of sulfonamides is 1. The normalized spacial score (nSPS) is 22.3. The summed E-state index contributed by atoms with van der Waals surface area (Å²) in [5.41, 5.74) is 1.18. The molecule has 0 aromatic rings. The number of ether oxygens (including phenoxy) is 2. The fourth-order valence-electron chi connectivity index (χ4n) is 4.43. The van der Waals surface area contributed by atoms with Gasteiger partial charge in [-0.1, -0.05) is 18.2 Å². The van der Waals surface area contributed by atoms with Crippen molar-refractivity contribution >= 4 is 10.0 Å². The molecule has 0 aromatic carbocycles. The summed E-state index contributed by atoms with van der Waals surface area (Å²) in [5, 5.41) is 0. The first-order valence-electron chi connectivity index (χ1n) is 11.0. The molecule has 0 saturated carbocycles. The van der Waals surface area contributed by atoms with E-state index in [0.717, 1.165) is 50.2 Å². The van der Waals surface area contributed by atoms with Crippen molar-refractivity contribution in [2.24, 2.45) is 5.92 Å². The van der Waals surface area contributed by atoms with Crippen LogP contribution >= 0.6 is 0 Å². The first-order valence-corrected chi connectivity index (χ1v) is 12.9. The minimum Gasteiger partial charge on any atom is -0.465 e. The van der Waals surface area contributed by atoms with Gasteiger partial charge in [-0.15, -0.1) is 0 Å². The highest BCUT2D eigenvalue weighted by molar-refractivity contribution is 7.88. The monoisotopic (exact) mass is 436 g/mol. The molecule has 168 valence electrons. The maximum absolute atomic E-state index is 11.8. The van der Waals surface area contributed by atoms with Gasteiger partial charge in [0, 0.05) is 38.1 Å². The number of rotatable bonds is 8. The van der Waals surface area contributed by atoms with E-state index in [4.69, 9.17) is 9.47 Å². The van der Waals surface area contributed by atoms with Gasteiger partial charge in [0.1, 0.15) is 18.3 Å². The van der Waals surface area contributed by atoms with Gasteiger partial charge in [0.2, 0.25) is 10.0 Å². The zero-order valence-electron chi connectivity index (χ0n) is 18.7. The molecular formula is C23H36N2O4S. The molecule has 0 amide bonds. The lowest BCUT2D eigenvalue weighted by atomic mass is 9.95. The van der Waals surface area contributed by atoms with Crippen LogP contribution in [0.3, 0.4) is 0 Å². The van der Waals surface area contributed by atoms with Crippen LogP contribution in [0.4, 0.5) is 0 Å². The average Bonchev–Trinajstić information content (AvgIpc) is 2.72. The Morgan fingerprint density at radius 1 is 1.20 bits per heavy atom. The second-order valence-corrected chi connectivity index (χ2v) is 10.9. The Bertz CT molecular complexity index is 818. The second kappa shape index (κ2) is 10.2. The number of nitrogens with zero attached hydrogens (tertiary/aromatic N) is 2. The maximum atomic E-state index is 11.8. The van der Waals surface area contributed by atoms with E-state index in [-0.39, 0.29) is 0 Å². The number of hydrogen-bond acceptors (Lipinski definition) is 5. The lowest BCUT2D eigenvalue weighted by molar-refractivity contribution is 0.103. The van der Waals surface area contributed by atoms with E-state index >= 15 is 0 Å². The van der Waals surface area contributed by atoms with Crippen LogP contribution in [0.1, 0.15) is 52.9 Å². The van der Waals surface area contributed by atoms with Crippen molar-refractivity contribution in [3.63, 3.8) is 0 Å². The van der Waals surface area contributed by atoms with Crippen molar-refractivity contribution in [2.45, 2.75) is 65.0 Å². The molecule has 0 bridgehead atoms. The van der Waals surface area contributed by atoms with Gasteiger partial charge >= 0.3 is 0 Å². The predicted molar refractivity (Wildman–Crippen MR) is 120 cm³/mol. The molecule has 30 heavy (non-hydrogen) atoms. The van der Waals surface area contributed by atoms with Gasteiger partial charge in [-0.3, -0.25) is 4.90 Å². The van der Waals surface area contributed by atoms with E-state index < -0.39 is 10.0 Å². The Labute approximate surface area is 181 Å². The molecule has 7 heteroatoms. The quantitative estimate of drug-likeness (QED) is 0.572. The Hall–Kier alpha value is -1.57. The Balaban J connectivity index is 1.54. The number of hydrogen-bond donors (Lipinski definition) is 0. The molecule has 3 rings (SSSR count). The maximum Gasteiger partial charge on any atom is 0.211 e. The molecule has 0 N–H and O–H groups in total. The molecule has 2 heterocycles. The Kier molecular flexibility index (Phi) is 7.82. The summed E-state index contributed by atoms with van der Waals surface area (Å²) in [6.07, 6.45) is 15.6. The number of piperidine rings is 1. The first-order chi connectivity index (χ1) is 14.2. The summed E-state index contributed by atoms with van der Waals surface area (Å²) in [6, 6.07) is 0.701. The second-order valence-electron chi connectivity index (χ2n) is 8.91. The van der Waals surface area contributed by atoms with Gasteiger partial charge in [-0.05, 0) is 57.9 Å². The van der Waals surface area contributed by atoms with Crippen LogP contribution in [0.25, 0.3) is 0 Å². The topological polar surface area (TPSA) is 59.1 Å². The molecule has 1 aliphatic carbocycles. The molecule has 1 fully saturated rings. The Morgan fingerprint density at radius 3 is 2.53 bits per heavy atom. The van der Waals surface area contributed by atoms with Crippen LogP contribution in [-0.4, -0.2) is 55.6 Å². The molecule has 2 aliphatic heterocycles. The van der Waals surface area contributed by atoms with Crippen LogP contribution in [-0.2, 0) is 19.5 Å². The standard InChI is InChI=1S/C23H36N2O4S/c1-18(2)25(15-20-10-12-24(13-11-20)30(4,26)27)19(3)14-22-16-28-17-23(29-22)21-8-6-5-7-9-21/h5-6,8,16-20H,7,9-15H2,1-4H3. The molecule has 0 spiro atoms. The van der Waals surface area contributed by atoms with Crippen LogP contribution in [0.2, 0.25) is 0 Å². The molecule has 6 nitrogen and oxygen atoms in total. The van der Waals surface area contributed by atoms with Crippen molar-refractivity contribution in [3.8, 4) is 0 Å². The van der Waals surface area contributed by atoms with Crippen LogP contribution in [0.15, 0.2) is 47.8 Å². The molecule has 1 unspecified atom stereocenters. The fourth-order valence-corrected chi connectivity index (χ4v) is 5.30. The van der Waals surface area contributed by atoms with Crippen molar-refractivity contribution in [3.05, 3.63) is 47.8 Å². The Morgan fingerprint density at radius 2 is 1.93 bits per heavy atom. The summed E-state index contributed by atoms with van der Waals surface area (Å²) in [5.74, 6) is 2.18. The van der Waals surface area contributed by atoms with E-state index in [1.165, 1.54) is 11.8 Å². The zero-order valence-corrected chi connectivity index (χ0v) is 19.5. The summed E-state index contributed by atoms with van der Waals surface area (Å²) in [7, 11) is -3.08. The van der Waals surface area contributed by atoms with Crippen molar-refractivity contribution in [2.75, 3.05) is 25.9 Å². The largest absolute Gasteiger partial charge is 0.465 e. The SMILES string of the molecule is CC(C)N(CC1CCN(S(C)(=O)=O)CC1)C(C)CC1=COC=C(C2=CC=CCC2)O1. The van der Waals surface area contributed by atoms with Crippen molar-refractivity contribution in [1.29, 1.82) is 0 Å². The van der Waals surface area contributed by atoms with Crippen molar-refractivity contribution in [1.82, 2.24) is 9.21 Å². The third-order valence-corrected chi connectivity index (χ3v) is 7.49. The van der Waals surface area contributed by atoms with Crippen LogP contribution in [0.5, 0.6) is 0 Å². The van der Waals surface area contributed by atoms with Gasteiger partial charge < -0.3 is 9.47 Å². The molecule has 3 aliphatic rings. The van der Waals surface area contributed by atoms with E-state index in [2.05, 4.69) is 43.9 Å². The van der Waals surface area contributed by atoms with E-state index in [1.807, 2.05) is 0 Å². The third kappa shape index (κ3) is 6.22. The van der Waals surface area contributed by atoms with Crippen molar-refractivity contribution < 1.29 is 17.9 Å². The van der Waals surface area contributed by atoms with E-state index in [1.54, 1.807) is 16.8 Å². The van der Waals surface area contributed by atoms with Crippen LogP contribution < -0.4 is 0 Å². The van der Waals surface area contributed by atoms with E-state index in [9.17, 15) is 8.42 Å². The molecule has 1 saturated heterocycles. The first kappa shape index (κ1) is 23.1. The van der Waals surface area contributed by atoms with Crippen LogP contribution in [0, 0.1) is 5.92 Å². The highest BCUT2D eigenvalue weighted by Gasteiger charge is 2.29. The zero-order chi connectivity index (χ0) is 21.7. The highest BCUT2D eigenvalue weighted by atomic mass is 32.2. The van der Waals surface area contributed by atoms with Gasteiger partial charge in [0.15, 0.2) is 5.76 Å². The molecule has 0 aromatic heterocycles. The van der Waals surface area contributed by atoms with E-state index in [0.29, 0.717) is 31.1 Å². The molecule has 0 radical (unpaired) electrons. The summed E-state index contributed by atoms with van der Waals surface area (Å²) >= 11 is 0. The summed E-state index contributed by atoms with van der Waals surface area (Å²) in [6.45, 7) is 8.91. The third-order valence-electron chi connectivity index (χ3n) is 6.18. The van der Waals surface area contributed by atoms with Gasteiger partial charge in [0.25, 0.3) is 0 Å². The van der Waals surface area contributed by atoms with Gasteiger partial charge in [-0.2, -0.15) is 0 Å². The summed E-state index contributed by atoms with van der Waals surface area (Å²) < 4.78 is 36.9.